The maximum Gasteiger partial charge on any atom is 0.276 e. The largest absolute Gasteiger partial charge is 0.354 e. The van der Waals surface area contributed by atoms with Crippen molar-refractivity contribution in [1.82, 2.24) is 5.32 Å². The zero-order chi connectivity index (χ0) is 27.3. The molecule has 202 valence electrons. The number of para-hydroxylation sites is 1. The summed E-state index contributed by atoms with van der Waals surface area (Å²) in [5.41, 5.74) is 11.7. The van der Waals surface area contributed by atoms with E-state index in [2.05, 4.69) is 5.32 Å². The van der Waals surface area contributed by atoms with Crippen LogP contribution in [0.1, 0.15) is 61.6 Å². The number of Topliss-reactive ketones (excluding diaryl/α,β-unsaturated/α-hetero) is 1. The van der Waals surface area contributed by atoms with Gasteiger partial charge in [0, 0.05) is 31.4 Å². The van der Waals surface area contributed by atoms with Gasteiger partial charge in [0.15, 0.2) is 11.0 Å². The molecule has 4 rings (SSSR count). The number of fused-ring (bicyclic) bond motifs is 4. The van der Waals surface area contributed by atoms with Gasteiger partial charge < -0.3 is 16.0 Å². The van der Waals surface area contributed by atoms with Gasteiger partial charge in [-0.2, -0.15) is 8.42 Å². The molecule has 1 aliphatic heterocycles. The molecule has 0 spiro atoms. The highest BCUT2D eigenvalue weighted by atomic mass is 32.2. The van der Waals surface area contributed by atoms with Crippen molar-refractivity contribution in [2.24, 2.45) is 5.73 Å². The Kier molecular flexibility index (Phi) is 8.76. The van der Waals surface area contributed by atoms with Gasteiger partial charge in [-0.25, -0.2) is 0 Å². The van der Waals surface area contributed by atoms with E-state index in [9.17, 15) is 27.4 Å². The zero-order valence-corrected chi connectivity index (χ0v) is 22.0. The first kappa shape index (κ1) is 27.7. The molecule has 1 atom stereocenters. The number of hydrogen-bond acceptors (Lipinski definition) is 6. The third-order valence-electron chi connectivity index (χ3n) is 6.98. The van der Waals surface area contributed by atoms with Crippen LogP contribution >= 0.6 is 0 Å². The van der Waals surface area contributed by atoms with Crippen LogP contribution in [0, 0.1) is 0 Å². The molecule has 0 fully saturated rings. The fourth-order valence-corrected chi connectivity index (χ4v) is 5.60. The molecular weight excluding hydrogens is 506 g/mol. The summed E-state index contributed by atoms with van der Waals surface area (Å²) in [4.78, 5) is 39.9. The number of nitrogens with one attached hydrogen (secondary N) is 1. The molecule has 10 heteroatoms. The maximum absolute atomic E-state index is 13.4. The molecule has 9 nitrogen and oxygen atoms in total. The molecule has 0 saturated carbocycles. The van der Waals surface area contributed by atoms with Crippen molar-refractivity contribution in [3.05, 3.63) is 65.2 Å². The predicted molar refractivity (Wildman–Crippen MR) is 146 cm³/mol. The fourth-order valence-electron chi connectivity index (χ4n) is 4.86. The van der Waals surface area contributed by atoms with E-state index in [4.69, 9.17) is 5.73 Å². The van der Waals surface area contributed by atoms with E-state index in [0.29, 0.717) is 19.5 Å². The Hall–Kier alpha value is -3.34. The van der Waals surface area contributed by atoms with Gasteiger partial charge in [-0.1, -0.05) is 48.9 Å². The lowest BCUT2D eigenvalue weighted by atomic mass is 10.0. The van der Waals surface area contributed by atoms with Crippen molar-refractivity contribution in [2.45, 2.75) is 56.7 Å². The summed E-state index contributed by atoms with van der Waals surface area (Å²) in [6, 6.07) is 15.5. The first-order chi connectivity index (χ1) is 18.2. The summed E-state index contributed by atoms with van der Waals surface area (Å²) in [6.07, 6.45) is 2.52. The molecule has 0 bridgehead atoms. The van der Waals surface area contributed by atoms with Crippen LogP contribution in [0.2, 0.25) is 0 Å². The first-order valence-electron chi connectivity index (χ1n) is 12.9. The Morgan fingerprint density at radius 2 is 1.61 bits per heavy atom. The molecule has 0 radical (unpaired) electrons. The quantitative estimate of drug-likeness (QED) is 0.277. The molecule has 0 aromatic heterocycles. The molecule has 2 aliphatic rings. The molecule has 2 aromatic carbocycles. The van der Waals surface area contributed by atoms with E-state index in [1.807, 2.05) is 48.5 Å². The van der Waals surface area contributed by atoms with Crippen LogP contribution in [-0.2, 0) is 31.0 Å². The van der Waals surface area contributed by atoms with Crippen LogP contribution in [-0.4, -0.2) is 48.9 Å². The Morgan fingerprint density at radius 3 is 2.34 bits per heavy atom. The fraction of sp³-hybridized carbons (Fsp3) is 0.393. The van der Waals surface area contributed by atoms with Gasteiger partial charge in [0.2, 0.25) is 11.8 Å². The van der Waals surface area contributed by atoms with Gasteiger partial charge in [-0.05, 0) is 54.1 Å². The van der Waals surface area contributed by atoms with Gasteiger partial charge in [0.05, 0.1) is 12.2 Å². The number of rotatable bonds is 12. The highest BCUT2D eigenvalue weighted by molar-refractivity contribution is 7.87. The van der Waals surface area contributed by atoms with Crippen molar-refractivity contribution in [3.63, 3.8) is 0 Å². The third kappa shape index (κ3) is 6.56. The standard InChI is InChI=1S/C28H33N3O6S/c29-15-7-1-2-12-27(33)30-17-26(38(35,36)37)25(32)13-14-28(34)31-18-19-8-3-4-9-20(19)22-16-23(22)21-10-5-6-11-24(21)31/h3-6,8-11,26H,1-2,7,12-18,29H2,(H,30,33)(H,35,36,37). The smallest absolute Gasteiger partial charge is 0.276 e. The number of nitrogens with zero attached hydrogens (tertiary/aromatic N) is 1. The number of ketones is 1. The minimum absolute atomic E-state index is 0.166. The SMILES string of the molecule is NCCCCCC(=O)NCC(C(=O)CCC(=O)N1Cc2ccccc2C2=C(C2)c2ccccc21)S(=O)(=O)O. The third-order valence-corrected chi connectivity index (χ3v) is 8.13. The van der Waals surface area contributed by atoms with Crippen molar-refractivity contribution in [2.75, 3.05) is 18.0 Å². The van der Waals surface area contributed by atoms with Crippen molar-refractivity contribution in [3.8, 4) is 0 Å². The highest BCUT2D eigenvalue weighted by Crippen LogP contribution is 2.52. The Morgan fingerprint density at radius 1 is 0.921 bits per heavy atom. The van der Waals surface area contributed by atoms with Crippen molar-refractivity contribution >= 4 is 44.5 Å². The van der Waals surface area contributed by atoms with Crippen LogP contribution in [0.3, 0.4) is 0 Å². The van der Waals surface area contributed by atoms with E-state index in [-0.39, 0.29) is 25.2 Å². The Labute approximate surface area is 222 Å². The van der Waals surface area contributed by atoms with Gasteiger partial charge in [0.1, 0.15) is 0 Å². The van der Waals surface area contributed by atoms with Gasteiger partial charge in [-0.15, -0.1) is 0 Å². The predicted octanol–water partition coefficient (Wildman–Crippen LogP) is 3.09. The normalized spacial score (nSPS) is 14.9. The van der Waals surface area contributed by atoms with Crippen molar-refractivity contribution < 1.29 is 27.4 Å². The zero-order valence-electron chi connectivity index (χ0n) is 21.2. The molecule has 1 aliphatic carbocycles. The lowest BCUT2D eigenvalue weighted by Gasteiger charge is -2.27. The highest BCUT2D eigenvalue weighted by Gasteiger charge is 2.35. The topological polar surface area (TPSA) is 147 Å². The van der Waals surface area contributed by atoms with Gasteiger partial charge in [0.25, 0.3) is 10.1 Å². The van der Waals surface area contributed by atoms with Crippen LogP contribution in [0.25, 0.3) is 11.1 Å². The lowest BCUT2D eigenvalue weighted by Crippen LogP contribution is -2.42. The second-order valence-electron chi connectivity index (χ2n) is 9.66. The van der Waals surface area contributed by atoms with Gasteiger partial charge >= 0.3 is 0 Å². The number of anilines is 1. The Bertz CT molecular complexity index is 1370. The number of carbonyl (C=O) groups is 3. The molecule has 38 heavy (non-hydrogen) atoms. The second kappa shape index (κ2) is 12.0. The number of nitrogens with two attached hydrogens (primary N) is 1. The number of benzene rings is 2. The maximum atomic E-state index is 13.4. The minimum atomic E-state index is -4.77. The monoisotopic (exact) mass is 539 g/mol. The summed E-state index contributed by atoms with van der Waals surface area (Å²) in [5.74, 6) is -1.57. The lowest BCUT2D eigenvalue weighted by molar-refractivity contribution is -0.124. The molecule has 1 heterocycles. The van der Waals surface area contributed by atoms with Crippen molar-refractivity contribution in [1.29, 1.82) is 0 Å². The second-order valence-corrected chi connectivity index (χ2v) is 11.3. The summed E-state index contributed by atoms with van der Waals surface area (Å²) in [5, 5.41) is 0.586. The molecular formula is C28H33N3O6S. The van der Waals surface area contributed by atoms with Gasteiger partial charge in [-0.3, -0.25) is 18.9 Å². The summed E-state index contributed by atoms with van der Waals surface area (Å²) >= 11 is 0. The van der Waals surface area contributed by atoms with Crippen LogP contribution in [0.4, 0.5) is 5.69 Å². The number of amides is 2. The summed E-state index contributed by atoms with van der Waals surface area (Å²) in [7, 11) is -4.77. The van der Waals surface area contributed by atoms with Crippen LogP contribution in [0.5, 0.6) is 0 Å². The number of allylic oxidation sites excluding steroid dienone is 2. The van der Waals surface area contributed by atoms with E-state index in [1.54, 1.807) is 4.90 Å². The molecule has 4 N–H and O–H groups in total. The van der Waals surface area contributed by atoms with E-state index < -0.39 is 33.6 Å². The number of unbranched alkanes of at least 4 members (excludes halogenated alkanes) is 2. The molecule has 2 aromatic rings. The summed E-state index contributed by atoms with van der Waals surface area (Å²) < 4.78 is 33.5. The number of hydrogen-bond donors (Lipinski definition) is 3. The van der Waals surface area contributed by atoms with E-state index in [0.717, 1.165) is 41.6 Å². The van der Waals surface area contributed by atoms with Crippen LogP contribution in [0.15, 0.2) is 48.5 Å². The average molecular weight is 540 g/mol. The number of carbonyl (C=O) groups excluding carboxylic acids is 3. The van der Waals surface area contributed by atoms with Crippen LogP contribution < -0.4 is 16.0 Å². The van der Waals surface area contributed by atoms with E-state index in [1.165, 1.54) is 11.1 Å². The molecule has 2 amide bonds. The first-order valence-corrected chi connectivity index (χ1v) is 14.4. The molecule has 1 unspecified atom stereocenters. The molecule has 0 saturated heterocycles. The summed E-state index contributed by atoms with van der Waals surface area (Å²) in [6.45, 7) is 0.297. The average Bonchev–Trinajstić information content (AvgIpc) is 3.67. The minimum Gasteiger partial charge on any atom is -0.354 e. The van der Waals surface area contributed by atoms with E-state index >= 15 is 0 Å². The Balaban J connectivity index is 1.44.